The zero-order valence-electron chi connectivity index (χ0n) is 8.45. The van der Waals surface area contributed by atoms with Crippen molar-refractivity contribution in [1.29, 1.82) is 0 Å². The summed E-state index contributed by atoms with van der Waals surface area (Å²) in [6.45, 7) is 2.92. The van der Waals surface area contributed by atoms with E-state index in [4.69, 9.17) is 4.74 Å². The molecule has 0 spiro atoms. The lowest BCUT2D eigenvalue weighted by atomic mass is 10.3. The molecule has 0 aromatic carbocycles. The molecule has 1 heterocycles. The van der Waals surface area contributed by atoms with Crippen LogP contribution in [-0.2, 0) is 9.53 Å². The summed E-state index contributed by atoms with van der Waals surface area (Å²) in [6, 6.07) is 0. The molecule has 1 aliphatic rings. The Labute approximate surface area is 83.8 Å². The Hall–Kier alpha value is -0.220. The maximum Gasteiger partial charge on any atom is 0.232 e. The Balaban J connectivity index is 2.22. The third kappa shape index (κ3) is 3.19. The monoisotopic (exact) mass is 203 g/mol. The Morgan fingerprint density at radius 3 is 2.77 bits per heavy atom. The lowest BCUT2D eigenvalue weighted by Gasteiger charge is -2.15. The van der Waals surface area contributed by atoms with Crippen molar-refractivity contribution in [3.63, 3.8) is 0 Å². The van der Waals surface area contributed by atoms with Crippen molar-refractivity contribution in [2.45, 2.75) is 24.7 Å². The molecular formula is C9H17NO2S. The van der Waals surface area contributed by atoms with Gasteiger partial charge in [0.15, 0.2) is 0 Å². The number of amides is 1. The van der Waals surface area contributed by atoms with Crippen LogP contribution in [-0.4, -0.2) is 48.6 Å². The van der Waals surface area contributed by atoms with Crippen LogP contribution in [0.2, 0.25) is 0 Å². The standard InChI is InChI=1S/C9H17NO2S/c1-7-8(4-5-12-7)13-6-9(11)10(2)3/h7-8H,4-6H2,1-3H3/t7-,8+/m1/s1. The molecule has 0 radical (unpaired) electrons. The van der Waals surface area contributed by atoms with Crippen LogP contribution in [0.4, 0.5) is 0 Å². The first-order valence-corrected chi connectivity index (χ1v) is 5.59. The zero-order chi connectivity index (χ0) is 9.84. The molecule has 1 amide bonds. The number of carbonyl (C=O) groups is 1. The van der Waals surface area contributed by atoms with E-state index in [0.717, 1.165) is 13.0 Å². The minimum atomic E-state index is 0.184. The molecule has 0 bridgehead atoms. The lowest BCUT2D eigenvalue weighted by molar-refractivity contribution is -0.125. The van der Waals surface area contributed by atoms with Gasteiger partial charge >= 0.3 is 0 Å². The van der Waals surface area contributed by atoms with Gasteiger partial charge in [0.05, 0.1) is 11.9 Å². The first-order valence-electron chi connectivity index (χ1n) is 4.54. The molecule has 1 saturated heterocycles. The summed E-state index contributed by atoms with van der Waals surface area (Å²) < 4.78 is 5.41. The van der Waals surface area contributed by atoms with Gasteiger partial charge in [-0.3, -0.25) is 4.79 Å². The predicted octanol–water partition coefficient (Wildman–Crippen LogP) is 0.985. The molecule has 1 aliphatic heterocycles. The number of rotatable bonds is 3. The fourth-order valence-electron chi connectivity index (χ4n) is 1.24. The van der Waals surface area contributed by atoms with Gasteiger partial charge < -0.3 is 9.64 Å². The van der Waals surface area contributed by atoms with Crippen LogP contribution >= 0.6 is 11.8 Å². The van der Waals surface area contributed by atoms with E-state index < -0.39 is 0 Å². The number of hydrogen-bond donors (Lipinski definition) is 0. The van der Waals surface area contributed by atoms with Crippen molar-refractivity contribution >= 4 is 17.7 Å². The van der Waals surface area contributed by atoms with Crippen LogP contribution in [0, 0.1) is 0 Å². The molecule has 1 fully saturated rings. The van der Waals surface area contributed by atoms with Crippen LogP contribution < -0.4 is 0 Å². The fraction of sp³-hybridized carbons (Fsp3) is 0.889. The third-order valence-electron chi connectivity index (χ3n) is 2.23. The molecule has 0 aromatic rings. The summed E-state index contributed by atoms with van der Waals surface area (Å²) >= 11 is 1.71. The lowest BCUT2D eigenvalue weighted by Crippen LogP contribution is -2.25. The molecule has 0 N–H and O–H groups in total. The molecule has 13 heavy (non-hydrogen) atoms. The Morgan fingerprint density at radius 1 is 1.62 bits per heavy atom. The van der Waals surface area contributed by atoms with E-state index in [1.807, 2.05) is 0 Å². The fourth-order valence-corrected chi connectivity index (χ4v) is 2.47. The van der Waals surface area contributed by atoms with Crippen LogP contribution in [0.25, 0.3) is 0 Å². The van der Waals surface area contributed by atoms with Gasteiger partial charge in [0.2, 0.25) is 5.91 Å². The van der Waals surface area contributed by atoms with Gasteiger partial charge in [-0.1, -0.05) is 0 Å². The van der Waals surface area contributed by atoms with Crippen molar-refractivity contribution in [1.82, 2.24) is 4.90 Å². The summed E-state index contributed by atoms with van der Waals surface area (Å²) in [5.74, 6) is 0.759. The zero-order valence-corrected chi connectivity index (χ0v) is 9.26. The van der Waals surface area contributed by atoms with Gasteiger partial charge in [0.25, 0.3) is 0 Å². The Morgan fingerprint density at radius 2 is 2.31 bits per heavy atom. The predicted molar refractivity (Wildman–Crippen MR) is 55.0 cm³/mol. The topological polar surface area (TPSA) is 29.5 Å². The highest BCUT2D eigenvalue weighted by molar-refractivity contribution is 8.00. The molecule has 2 atom stereocenters. The summed E-state index contributed by atoms with van der Waals surface area (Å²) in [5.41, 5.74) is 0. The van der Waals surface area contributed by atoms with Gasteiger partial charge in [0, 0.05) is 26.0 Å². The highest BCUT2D eigenvalue weighted by Crippen LogP contribution is 2.26. The van der Waals surface area contributed by atoms with Gasteiger partial charge in [-0.2, -0.15) is 0 Å². The van der Waals surface area contributed by atoms with Crippen molar-refractivity contribution in [2.24, 2.45) is 0 Å². The Bertz CT molecular complexity index is 184. The Kier molecular flexibility index (Phi) is 4.06. The van der Waals surface area contributed by atoms with Crippen molar-refractivity contribution in [2.75, 3.05) is 26.5 Å². The van der Waals surface area contributed by atoms with Crippen molar-refractivity contribution < 1.29 is 9.53 Å². The number of hydrogen-bond acceptors (Lipinski definition) is 3. The first kappa shape index (κ1) is 10.9. The first-order chi connectivity index (χ1) is 6.11. The van der Waals surface area contributed by atoms with E-state index >= 15 is 0 Å². The van der Waals surface area contributed by atoms with E-state index in [9.17, 15) is 4.79 Å². The smallest absolute Gasteiger partial charge is 0.232 e. The van der Waals surface area contributed by atoms with E-state index in [2.05, 4.69) is 6.92 Å². The maximum absolute atomic E-state index is 11.3. The van der Waals surface area contributed by atoms with Crippen LogP contribution in [0.3, 0.4) is 0 Å². The second-order valence-electron chi connectivity index (χ2n) is 3.50. The summed E-state index contributed by atoms with van der Waals surface area (Å²) in [4.78, 5) is 12.9. The van der Waals surface area contributed by atoms with E-state index in [0.29, 0.717) is 17.1 Å². The largest absolute Gasteiger partial charge is 0.377 e. The molecule has 1 rings (SSSR count). The minimum absolute atomic E-state index is 0.184. The van der Waals surface area contributed by atoms with Crippen molar-refractivity contribution in [3.8, 4) is 0 Å². The number of nitrogens with zero attached hydrogens (tertiary/aromatic N) is 1. The van der Waals surface area contributed by atoms with Gasteiger partial charge in [0.1, 0.15) is 0 Å². The minimum Gasteiger partial charge on any atom is -0.377 e. The second-order valence-corrected chi connectivity index (χ2v) is 4.73. The average molecular weight is 203 g/mol. The van der Waals surface area contributed by atoms with Gasteiger partial charge in [-0.05, 0) is 13.3 Å². The molecule has 4 heteroatoms. The van der Waals surface area contributed by atoms with Crippen LogP contribution in [0.5, 0.6) is 0 Å². The van der Waals surface area contributed by atoms with Crippen LogP contribution in [0.1, 0.15) is 13.3 Å². The molecular weight excluding hydrogens is 186 g/mol. The SMILES string of the molecule is C[C@H]1OCC[C@@H]1SCC(=O)N(C)C. The molecule has 0 aromatic heterocycles. The molecule has 0 unspecified atom stereocenters. The average Bonchev–Trinajstić information content (AvgIpc) is 2.47. The number of thioether (sulfide) groups is 1. The van der Waals surface area contributed by atoms with Gasteiger partial charge in [-0.25, -0.2) is 0 Å². The highest BCUT2D eigenvalue weighted by Gasteiger charge is 2.25. The third-order valence-corrected chi connectivity index (χ3v) is 3.69. The molecule has 0 saturated carbocycles. The number of carbonyl (C=O) groups excluding carboxylic acids is 1. The summed E-state index contributed by atoms with van der Waals surface area (Å²) in [7, 11) is 3.58. The highest BCUT2D eigenvalue weighted by atomic mass is 32.2. The van der Waals surface area contributed by atoms with E-state index in [1.54, 1.807) is 30.8 Å². The molecule has 0 aliphatic carbocycles. The van der Waals surface area contributed by atoms with Crippen LogP contribution in [0.15, 0.2) is 0 Å². The van der Waals surface area contributed by atoms with Crippen molar-refractivity contribution in [3.05, 3.63) is 0 Å². The quantitative estimate of drug-likeness (QED) is 0.685. The maximum atomic E-state index is 11.3. The van der Waals surface area contributed by atoms with Gasteiger partial charge in [-0.15, -0.1) is 11.8 Å². The summed E-state index contributed by atoms with van der Waals surface area (Å²) in [5, 5.41) is 0.504. The second kappa shape index (κ2) is 4.86. The molecule has 3 nitrogen and oxygen atoms in total. The van der Waals surface area contributed by atoms with E-state index in [-0.39, 0.29) is 5.91 Å². The normalized spacial score (nSPS) is 27.6. The molecule has 76 valence electrons. The number of ether oxygens (including phenoxy) is 1. The summed E-state index contributed by atoms with van der Waals surface area (Å²) in [6.07, 6.45) is 1.38. The van der Waals surface area contributed by atoms with E-state index in [1.165, 1.54) is 0 Å².